The van der Waals surface area contributed by atoms with Gasteiger partial charge in [0.05, 0.1) is 5.41 Å². The number of carbonyl (C=O) groups is 2. The highest BCUT2D eigenvalue weighted by molar-refractivity contribution is 8.13. The SMILES string of the molecule is CSC(=O)C1(C)CCN(C(=O)OC(C)(C)C)C1. The first-order valence-corrected chi connectivity index (χ1v) is 6.97. The fourth-order valence-electron chi connectivity index (χ4n) is 1.86. The van der Waals surface area contributed by atoms with Crippen molar-refractivity contribution in [2.24, 2.45) is 5.41 Å². The van der Waals surface area contributed by atoms with Gasteiger partial charge in [0, 0.05) is 13.1 Å². The van der Waals surface area contributed by atoms with E-state index in [1.54, 1.807) is 11.2 Å². The summed E-state index contributed by atoms with van der Waals surface area (Å²) in [6.45, 7) is 8.49. The van der Waals surface area contributed by atoms with Crippen molar-refractivity contribution >= 4 is 23.0 Å². The number of likely N-dealkylation sites (tertiary alicyclic amines) is 1. The monoisotopic (exact) mass is 259 g/mol. The van der Waals surface area contributed by atoms with Gasteiger partial charge in [-0.05, 0) is 40.4 Å². The fourth-order valence-corrected chi connectivity index (χ4v) is 2.52. The third-order valence-electron chi connectivity index (χ3n) is 2.80. The lowest BCUT2D eigenvalue weighted by molar-refractivity contribution is -0.118. The van der Waals surface area contributed by atoms with Crippen molar-refractivity contribution in [3.8, 4) is 0 Å². The molecule has 4 nitrogen and oxygen atoms in total. The van der Waals surface area contributed by atoms with Gasteiger partial charge in [0.1, 0.15) is 5.60 Å². The Kier molecular flexibility index (Phi) is 4.12. The molecule has 1 fully saturated rings. The summed E-state index contributed by atoms with van der Waals surface area (Å²) < 4.78 is 5.30. The highest BCUT2D eigenvalue weighted by Crippen LogP contribution is 2.34. The van der Waals surface area contributed by atoms with Crippen LogP contribution in [0.1, 0.15) is 34.1 Å². The van der Waals surface area contributed by atoms with Crippen molar-refractivity contribution in [1.29, 1.82) is 0 Å². The first-order chi connectivity index (χ1) is 7.68. The number of hydrogen-bond acceptors (Lipinski definition) is 4. The molecule has 5 heteroatoms. The molecule has 1 saturated heterocycles. The molecule has 1 aliphatic rings. The predicted molar refractivity (Wildman–Crippen MR) is 69.1 cm³/mol. The summed E-state index contributed by atoms with van der Waals surface area (Å²) in [6, 6.07) is 0. The second-order valence-corrected chi connectivity index (χ2v) is 6.48. The van der Waals surface area contributed by atoms with Gasteiger partial charge >= 0.3 is 6.09 Å². The first-order valence-electron chi connectivity index (χ1n) is 5.74. The Morgan fingerprint density at radius 1 is 1.35 bits per heavy atom. The number of ether oxygens (including phenoxy) is 1. The zero-order chi connectivity index (χ0) is 13.3. The van der Waals surface area contributed by atoms with Crippen molar-refractivity contribution in [1.82, 2.24) is 4.90 Å². The van der Waals surface area contributed by atoms with Gasteiger partial charge < -0.3 is 9.64 Å². The molecule has 0 saturated carbocycles. The van der Waals surface area contributed by atoms with Crippen LogP contribution in [0, 0.1) is 5.41 Å². The topological polar surface area (TPSA) is 46.6 Å². The average Bonchev–Trinajstić information content (AvgIpc) is 2.58. The van der Waals surface area contributed by atoms with Gasteiger partial charge in [0.2, 0.25) is 0 Å². The quantitative estimate of drug-likeness (QED) is 0.726. The molecule has 0 bridgehead atoms. The molecule has 1 unspecified atom stereocenters. The molecule has 0 spiro atoms. The van der Waals surface area contributed by atoms with E-state index in [0.29, 0.717) is 19.5 Å². The Balaban J connectivity index is 2.62. The summed E-state index contributed by atoms with van der Waals surface area (Å²) >= 11 is 1.23. The van der Waals surface area contributed by atoms with E-state index in [-0.39, 0.29) is 11.2 Å². The zero-order valence-electron chi connectivity index (χ0n) is 11.2. The van der Waals surface area contributed by atoms with Crippen molar-refractivity contribution in [2.75, 3.05) is 19.3 Å². The number of carbonyl (C=O) groups excluding carboxylic acids is 2. The normalized spacial score (nSPS) is 24.9. The van der Waals surface area contributed by atoms with Crippen molar-refractivity contribution < 1.29 is 14.3 Å². The number of hydrogen-bond donors (Lipinski definition) is 0. The Morgan fingerprint density at radius 2 is 1.94 bits per heavy atom. The van der Waals surface area contributed by atoms with E-state index < -0.39 is 11.0 Å². The van der Waals surface area contributed by atoms with E-state index in [9.17, 15) is 9.59 Å². The maximum atomic E-state index is 11.8. The molecule has 98 valence electrons. The molecular formula is C12H21NO3S. The van der Waals surface area contributed by atoms with Gasteiger partial charge in [0.25, 0.3) is 0 Å². The van der Waals surface area contributed by atoms with Crippen LogP contribution in [0.4, 0.5) is 4.79 Å². The molecule has 0 aliphatic carbocycles. The van der Waals surface area contributed by atoms with Crippen LogP contribution in [0.15, 0.2) is 0 Å². The minimum Gasteiger partial charge on any atom is -0.444 e. The summed E-state index contributed by atoms with van der Waals surface area (Å²) in [6.07, 6.45) is 2.17. The van der Waals surface area contributed by atoms with Crippen LogP contribution in [0.25, 0.3) is 0 Å². The van der Waals surface area contributed by atoms with Crippen LogP contribution < -0.4 is 0 Å². The van der Waals surface area contributed by atoms with Crippen molar-refractivity contribution in [2.45, 2.75) is 39.7 Å². The van der Waals surface area contributed by atoms with Crippen molar-refractivity contribution in [3.63, 3.8) is 0 Å². The van der Waals surface area contributed by atoms with Crippen LogP contribution >= 0.6 is 11.8 Å². The minimum atomic E-state index is -0.487. The lowest BCUT2D eigenvalue weighted by Gasteiger charge is -2.26. The number of thioether (sulfide) groups is 1. The second kappa shape index (κ2) is 4.88. The molecule has 0 aromatic heterocycles. The molecule has 0 radical (unpaired) electrons. The summed E-state index contributed by atoms with van der Waals surface area (Å²) in [5.74, 6) is 0. The van der Waals surface area contributed by atoms with Gasteiger partial charge in [-0.1, -0.05) is 11.8 Å². The van der Waals surface area contributed by atoms with Gasteiger partial charge in [-0.3, -0.25) is 4.79 Å². The molecule has 1 aliphatic heterocycles. The number of amides is 1. The predicted octanol–water partition coefficient (Wildman–Crippen LogP) is 2.52. The molecular weight excluding hydrogens is 238 g/mol. The van der Waals surface area contributed by atoms with Crippen LogP contribution in [0.3, 0.4) is 0 Å². The maximum Gasteiger partial charge on any atom is 0.410 e. The fraction of sp³-hybridized carbons (Fsp3) is 0.833. The summed E-state index contributed by atoms with van der Waals surface area (Å²) in [5, 5.41) is 0.142. The summed E-state index contributed by atoms with van der Waals surface area (Å²) in [5.41, 5.74) is -0.907. The van der Waals surface area contributed by atoms with E-state index in [2.05, 4.69) is 0 Å². The number of rotatable bonds is 1. The molecule has 1 heterocycles. The van der Waals surface area contributed by atoms with Crippen LogP contribution in [0.2, 0.25) is 0 Å². The third kappa shape index (κ3) is 3.63. The molecule has 1 amide bonds. The molecule has 17 heavy (non-hydrogen) atoms. The Morgan fingerprint density at radius 3 is 2.41 bits per heavy atom. The van der Waals surface area contributed by atoms with Crippen LogP contribution in [0.5, 0.6) is 0 Å². The Hall–Kier alpha value is -0.710. The average molecular weight is 259 g/mol. The van der Waals surface area contributed by atoms with Gasteiger partial charge in [-0.2, -0.15) is 0 Å². The van der Waals surface area contributed by atoms with E-state index in [1.807, 2.05) is 27.7 Å². The first kappa shape index (κ1) is 14.4. The van der Waals surface area contributed by atoms with Crippen LogP contribution in [-0.4, -0.2) is 41.1 Å². The minimum absolute atomic E-state index is 0.142. The molecule has 1 atom stereocenters. The lowest BCUT2D eigenvalue weighted by Crippen LogP contribution is -2.37. The van der Waals surface area contributed by atoms with Crippen LogP contribution in [-0.2, 0) is 9.53 Å². The molecule has 0 N–H and O–H groups in total. The lowest BCUT2D eigenvalue weighted by atomic mass is 9.92. The van der Waals surface area contributed by atoms with E-state index in [0.717, 1.165) is 0 Å². The zero-order valence-corrected chi connectivity index (χ0v) is 12.0. The smallest absolute Gasteiger partial charge is 0.410 e. The second-order valence-electron chi connectivity index (χ2n) is 5.70. The summed E-state index contributed by atoms with van der Waals surface area (Å²) in [7, 11) is 0. The molecule has 1 rings (SSSR count). The maximum absolute atomic E-state index is 11.8. The largest absolute Gasteiger partial charge is 0.444 e. The standard InChI is InChI=1S/C12H21NO3S/c1-11(2,3)16-10(15)13-7-6-12(4,8-13)9(14)17-5/h6-8H2,1-5H3. The third-order valence-corrected chi connectivity index (χ3v) is 3.67. The highest BCUT2D eigenvalue weighted by atomic mass is 32.2. The Labute approximate surface area is 107 Å². The molecule has 0 aromatic carbocycles. The molecule has 0 aromatic rings. The van der Waals surface area contributed by atoms with E-state index >= 15 is 0 Å². The Bertz CT molecular complexity index is 324. The number of nitrogens with zero attached hydrogens (tertiary/aromatic N) is 1. The van der Waals surface area contributed by atoms with Crippen molar-refractivity contribution in [3.05, 3.63) is 0 Å². The summed E-state index contributed by atoms with van der Waals surface area (Å²) in [4.78, 5) is 25.2. The van der Waals surface area contributed by atoms with Gasteiger partial charge in [-0.25, -0.2) is 4.79 Å². The van der Waals surface area contributed by atoms with E-state index in [4.69, 9.17) is 4.74 Å². The van der Waals surface area contributed by atoms with E-state index in [1.165, 1.54) is 11.8 Å². The highest BCUT2D eigenvalue weighted by Gasteiger charge is 2.42. The van der Waals surface area contributed by atoms with Gasteiger partial charge in [0.15, 0.2) is 5.12 Å². The van der Waals surface area contributed by atoms with Gasteiger partial charge in [-0.15, -0.1) is 0 Å².